The Morgan fingerprint density at radius 2 is 2.00 bits per heavy atom. The van der Waals surface area contributed by atoms with Crippen LogP contribution in [0.25, 0.3) is 0 Å². The zero-order valence-corrected chi connectivity index (χ0v) is 13.7. The first kappa shape index (κ1) is 17.5. The molecule has 0 spiro atoms. The number of carbonyl (C=O) groups excluding carboxylic acids is 1. The molecule has 6 heteroatoms. The van der Waals surface area contributed by atoms with E-state index in [4.69, 9.17) is 9.84 Å². The Morgan fingerprint density at radius 3 is 2.61 bits per heavy atom. The maximum atomic E-state index is 12.7. The number of phenolic OH excluding ortho intramolecular Hbond substituents is 2. The lowest BCUT2D eigenvalue weighted by atomic mass is 9.91. The Bertz CT molecular complexity index is 664. The summed E-state index contributed by atoms with van der Waals surface area (Å²) in [6.07, 6.45) is 0.904. The highest BCUT2D eigenvalue weighted by Crippen LogP contribution is 2.35. The minimum Gasteiger partial charge on any atom is -0.508 e. The van der Waals surface area contributed by atoms with Gasteiger partial charge in [-0.2, -0.15) is 11.3 Å². The number of phenols is 2. The molecule has 0 atom stereocenters. The molecule has 2 rings (SSSR count). The van der Waals surface area contributed by atoms with Gasteiger partial charge in [0.1, 0.15) is 11.5 Å². The average Bonchev–Trinajstić information content (AvgIpc) is 3.05. The lowest BCUT2D eigenvalue weighted by Gasteiger charge is -2.16. The molecule has 0 radical (unpaired) electrons. The van der Waals surface area contributed by atoms with Gasteiger partial charge >= 0.3 is 0 Å². The minimum atomic E-state index is -0.268. The molecule has 0 amide bonds. The van der Waals surface area contributed by atoms with Crippen molar-refractivity contribution in [3.63, 3.8) is 0 Å². The molecular weight excluding hydrogens is 316 g/mol. The Labute approximate surface area is 138 Å². The second-order valence-electron chi connectivity index (χ2n) is 5.03. The van der Waals surface area contributed by atoms with E-state index >= 15 is 0 Å². The summed E-state index contributed by atoms with van der Waals surface area (Å²) < 4.78 is 5.27. The van der Waals surface area contributed by atoms with Gasteiger partial charge in [0, 0.05) is 17.0 Å². The number of benzene rings is 1. The van der Waals surface area contributed by atoms with E-state index in [1.807, 2.05) is 6.92 Å². The summed E-state index contributed by atoms with van der Waals surface area (Å²) >= 11 is 1.41. The molecule has 0 aliphatic heterocycles. The lowest BCUT2D eigenvalue weighted by molar-refractivity contribution is 0.0937. The van der Waals surface area contributed by atoms with E-state index in [9.17, 15) is 15.0 Å². The van der Waals surface area contributed by atoms with Crippen molar-refractivity contribution >= 4 is 17.1 Å². The second kappa shape index (κ2) is 8.10. The van der Waals surface area contributed by atoms with Crippen molar-refractivity contribution in [2.24, 2.45) is 0 Å². The molecule has 0 aliphatic rings. The standard InChI is InChI=1S/C17H20O5S/c1-2-12-13(3-6-22-7-5-18)16(15(20)9-14(12)19)17(21)11-4-8-23-10-11/h4,8-10,18-20H,2-3,5-7H2,1H3. The SMILES string of the molecule is CCc1c(O)cc(O)c(C(=O)c2ccsc2)c1CCOCCO. The third-order valence-electron chi connectivity index (χ3n) is 3.60. The second-order valence-corrected chi connectivity index (χ2v) is 5.81. The topological polar surface area (TPSA) is 87.0 Å². The third kappa shape index (κ3) is 3.90. The van der Waals surface area contributed by atoms with Gasteiger partial charge in [-0.05, 0) is 35.4 Å². The van der Waals surface area contributed by atoms with Crippen LogP contribution in [0.4, 0.5) is 0 Å². The number of aromatic hydroxyl groups is 2. The molecule has 0 unspecified atom stereocenters. The molecule has 0 bridgehead atoms. The van der Waals surface area contributed by atoms with Crippen LogP contribution in [-0.4, -0.2) is 40.9 Å². The maximum absolute atomic E-state index is 12.7. The molecule has 23 heavy (non-hydrogen) atoms. The number of thiophene rings is 1. The predicted molar refractivity (Wildman–Crippen MR) is 88.5 cm³/mol. The van der Waals surface area contributed by atoms with Crippen LogP contribution in [0.1, 0.15) is 34.0 Å². The van der Waals surface area contributed by atoms with E-state index in [1.54, 1.807) is 16.8 Å². The van der Waals surface area contributed by atoms with Gasteiger partial charge in [-0.25, -0.2) is 0 Å². The summed E-state index contributed by atoms with van der Waals surface area (Å²) in [4.78, 5) is 12.7. The predicted octanol–water partition coefficient (Wildman–Crippen LogP) is 2.50. The molecule has 2 aromatic rings. The number of ether oxygens (including phenoxy) is 1. The monoisotopic (exact) mass is 336 g/mol. The summed E-state index contributed by atoms with van der Waals surface area (Å²) in [5.41, 5.74) is 1.95. The number of hydrogen-bond acceptors (Lipinski definition) is 6. The van der Waals surface area contributed by atoms with Crippen LogP contribution in [-0.2, 0) is 17.6 Å². The molecule has 3 N–H and O–H groups in total. The number of hydrogen-bond donors (Lipinski definition) is 3. The summed E-state index contributed by atoms with van der Waals surface area (Å²) in [6, 6.07) is 2.92. The molecule has 0 saturated heterocycles. The Hall–Kier alpha value is -1.89. The van der Waals surface area contributed by atoms with Crippen molar-refractivity contribution < 1.29 is 24.9 Å². The van der Waals surface area contributed by atoms with Gasteiger partial charge < -0.3 is 20.1 Å². The van der Waals surface area contributed by atoms with Crippen LogP contribution < -0.4 is 0 Å². The van der Waals surface area contributed by atoms with Gasteiger partial charge in [0.25, 0.3) is 0 Å². The molecule has 1 aromatic carbocycles. The fraction of sp³-hybridized carbons (Fsp3) is 0.353. The van der Waals surface area contributed by atoms with Gasteiger partial charge in [0.05, 0.1) is 25.4 Å². The smallest absolute Gasteiger partial charge is 0.197 e. The fourth-order valence-corrected chi connectivity index (χ4v) is 3.19. The van der Waals surface area contributed by atoms with Crippen molar-refractivity contribution in [2.45, 2.75) is 19.8 Å². The summed E-state index contributed by atoms with van der Waals surface area (Å²) in [6.45, 7) is 2.30. The molecule has 0 fully saturated rings. The van der Waals surface area contributed by atoms with Crippen LogP contribution in [0, 0.1) is 0 Å². The normalized spacial score (nSPS) is 10.9. The summed E-state index contributed by atoms with van der Waals surface area (Å²) in [7, 11) is 0. The Balaban J connectivity index is 2.44. The molecular formula is C17H20O5S. The van der Waals surface area contributed by atoms with Gasteiger partial charge in [0.2, 0.25) is 0 Å². The van der Waals surface area contributed by atoms with E-state index in [-0.39, 0.29) is 36.1 Å². The summed E-state index contributed by atoms with van der Waals surface area (Å²) in [5, 5.41) is 32.6. The Morgan fingerprint density at radius 1 is 1.22 bits per heavy atom. The highest BCUT2D eigenvalue weighted by atomic mass is 32.1. The van der Waals surface area contributed by atoms with Crippen LogP contribution >= 0.6 is 11.3 Å². The number of aliphatic hydroxyl groups is 1. The van der Waals surface area contributed by atoms with E-state index in [2.05, 4.69) is 0 Å². The van der Waals surface area contributed by atoms with Crippen LogP contribution in [0.3, 0.4) is 0 Å². The average molecular weight is 336 g/mol. The van der Waals surface area contributed by atoms with Crippen LogP contribution in [0.2, 0.25) is 0 Å². The van der Waals surface area contributed by atoms with Crippen LogP contribution in [0.5, 0.6) is 11.5 Å². The molecule has 5 nitrogen and oxygen atoms in total. The molecule has 1 heterocycles. The lowest BCUT2D eigenvalue weighted by Crippen LogP contribution is -2.12. The molecule has 0 aliphatic carbocycles. The van der Waals surface area contributed by atoms with Gasteiger partial charge in [-0.3, -0.25) is 4.79 Å². The highest BCUT2D eigenvalue weighted by Gasteiger charge is 2.23. The zero-order valence-electron chi connectivity index (χ0n) is 12.9. The quantitative estimate of drug-likeness (QED) is 0.509. The maximum Gasteiger partial charge on any atom is 0.197 e. The van der Waals surface area contributed by atoms with E-state index in [0.29, 0.717) is 36.1 Å². The molecule has 1 aromatic heterocycles. The van der Waals surface area contributed by atoms with Crippen LogP contribution in [0.15, 0.2) is 22.9 Å². The summed E-state index contributed by atoms with van der Waals surface area (Å²) in [5.74, 6) is -0.521. The number of aliphatic hydroxyl groups excluding tert-OH is 1. The van der Waals surface area contributed by atoms with Crippen molar-refractivity contribution in [2.75, 3.05) is 19.8 Å². The van der Waals surface area contributed by atoms with Gasteiger partial charge in [0.15, 0.2) is 5.78 Å². The zero-order chi connectivity index (χ0) is 16.8. The first-order chi connectivity index (χ1) is 11.1. The molecule has 124 valence electrons. The van der Waals surface area contributed by atoms with Crippen molar-refractivity contribution in [3.8, 4) is 11.5 Å². The first-order valence-electron chi connectivity index (χ1n) is 7.42. The number of carbonyl (C=O) groups is 1. The largest absolute Gasteiger partial charge is 0.508 e. The number of rotatable bonds is 8. The number of ketones is 1. The Kier molecular flexibility index (Phi) is 6.15. The van der Waals surface area contributed by atoms with E-state index in [1.165, 1.54) is 17.4 Å². The fourth-order valence-electron chi connectivity index (χ4n) is 2.55. The van der Waals surface area contributed by atoms with Gasteiger partial charge in [-0.1, -0.05) is 6.92 Å². The van der Waals surface area contributed by atoms with Gasteiger partial charge in [-0.15, -0.1) is 0 Å². The highest BCUT2D eigenvalue weighted by molar-refractivity contribution is 7.08. The van der Waals surface area contributed by atoms with Crippen molar-refractivity contribution in [1.29, 1.82) is 0 Å². The van der Waals surface area contributed by atoms with Crippen molar-refractivity contribution in [1.82, 2.24) is 0 Å². The van der Waals surface area contributed by atoms with Crippen molar-refractivity contribution in [3.05, 3.63) is 45.1 Å². The third-order valence-corrected chi connectivity index (χ3v) is 4.28. The van der Waals surface area contributed by atoms with E-state index < -0.39 is 0 Å². The first-order valence-corrected chi connectivity index (χ1v) is 8.36. The van der Waals surface area contributed by atoms with E-state index in [0.717, 1.165) is 0 Å². The molecule has 0 saturated carbocycles. The minimum absolute atomic E-state index is 0.0240.